The number of esters is 1. The molecule has 3 aromatic rings. The molecule has 1 N–H and O–H groups in total. The number of carbonyl (C=O) groups excluding carboxylic acids is 2. The number of carboxylic acids is 1. The molecule has 0 saturated heterocycles. The molecule has 0 fully saturated rings. The van der Waals surface area contributed by atoms with Gasteiger partial charge >= 0.3 is 11.9 Å². The van der Waals surface area contributed by atoms with Gasteiger partial charge in [-0.3, -0.25) is 9.59 Å². The Morgan fingerprint density at radius 3 is 2.00 bits per heavy atom. The number of ether oxygens (including phenoxy) is 2. The van der Waals surface area contributed by atoms with Crippen molar-refractivity contribution in [2.75, 3.05) is 26.3 Å². The van der Waals surface area contributed by atoms with Crippen molar-refractivity contribution < 1.29 is 29.0 Å². The van der Waals surface area contributed by atoms with Crippen LogP contribution in [0.3, 0.4) is 0 Å². The molecule has 7 nitrogen and oxygen atoms in total. The van der Waals surface area contributed by atoms with E-state index in [2.05, 4.69) is 0 Å². The second kappa shape index (κ2) is 13.1. The van der Waals surface area contributed by atoms with Gasteiger partial charge < -0.3 is 19.5 Å². The van der Waals surface area contributed by atoms with E-state index in [1.54, 1.807) is 54.3 Å². The van der Waals surface area contributed by atoms with Crippen LogP contribution in [0.25, 0.3) is 11.1 Å². The molecule has 0 spiro atoms. The summed E-state index contributed by atoms with van der Waals surface area (Å²) in [6.07, 6.45) is 0.644. The highest BCUT2D eigenvalue weighted by molar-refractivity contribution is 6.04. The summed E-state index contributed by atoms with van der Waals surface area (Å²) in [5.74, 6) is -0.938. The first-order valence-electron chi connectivity index (χ1n) is 12.0. The molecule has 0 aromatic heterocycles. The molecule has 3 rings (SSSR count). The molecule has 0 atom stereocenters. The lowest BCUT2D eigenvalue weighted by Crippen LogP contribution is -2.35. The maximum Gasteiger partial charge on any atom is 0.336 e. The molecule has 0 aliphatic rings. The Morgan fingerprint density at radius 1 is 0.778 bits per heavy atom. The zero-order chi connectivity index (χ0) is 25.9. The lowest BCUT2D eigenvalue weighted by Gasteiger charge is -2.24. The van der Waals surface area contributed by atoms with E-state index in [0.29, 0.717) is 36.3 Å². The van der Waals surface area contributed by atoms with Crippen LogP contribution in [0, 0.1) is 0 Å². The molecule has 7 heteroatoms. The van der Waals surface area contributed by atoms with Gasteiger partial charge in [-0.05, 0) is 61.2 Å². The summed E-state index contributed by atoms with van der Waals surface area (Å²) in [4.78, 5) is 39.2. The third-order valence-corrected chi connectivity index (χ3v) is 5.69. The van der Waals surface area contributed by atoms with Gasteiger partial charge in [0.1, 0.15) is 5.75 Å². The molecule has 0 aliphatic carbocycles. The van der Waals surface area contributed by atoms with E-state index in [0.717, 1.165) is 11.3 Å². The third kappa shape index (κ3) is 6.95. The van der Waals surface area contributed by atoms with Gasteiger partial charge in [0.2, 0.25) is 0 Å². The third-order valence-electron chi connectivity index (χ3n) is 5.69. The van der Waals surface area contributed by atoms with Gasteiger partial charge in [0.05, 0.1) is 25.2 Å². The summed E-state index contributed by atoms with van der Waals surface area (Å²) < 4.78 is 10.6. The van der Waals surface area contributed by atoms with Gasteiger partial charge in [-0.2, -0.15) is 0 Å². The summed E-state index contributed by atoms with van der Waals surface area (Å²) in [7, 11) is 0. The number of benzene rings is 3. The van der Waals surface area contributed by atoms with E-state index in [9.17, 15) is 19.5 Å². The molecule has 0 saturated carbocycles. The van der Waals surface area contributed by atoms with Crippen LogP contribution in [0.5, 0.6) is 5.75 Å². The van der Waals surface area contributed by atoms with Crippen molar-refractivity contribution in [2.24, 2.45) is 0 Å². The Morgan fingerprint density at radius 2 is 1.39 bits per heavy atom. The maximum absolute atomic E-state index is 13.8. The van der Waals surface area contributed by atoms with Crippen molar-refractivity contribution >= 4 is 17.8 Å². The number of aromatic carboxylic acids is 1. The molecule has 3 aromatic carbocycles. The molecule has 36 heavy (non-hydrogen) atoms. The smallest absolute Gasteiger partial charge is 0.336 e. The second-order valence-corrected chi connectivity index (χ2v) is 8.07. The minimum atomic E-state index is -1.07. The van der Waals surface area contributed by atoms with Gasteiger partial charge in [-0.15, -0.1) is 0 Å². The molecule has 0 aliphatic heterocycles. The van der Waals surface area contributed by atoms with Gasteiger partial charge in [-0.25, -0.2) is 4.79 Å². The fourth-order valence-corrected chi connectivity index (χ4v) is 3.94. The Hall–Kier alpha value is -4.13. The van der Waals surface area contributed by atoms with E-state index < -0.39 is 5.97 Å². The van der Waals surface area contributed by atoms with Gasteiger partial charge in [-0.1, -0.05) is 48.5 Å². The fourth-order valence-electron chi connectivity index (χ4n) is 3.94. The van der Waals surface area contributed by atoms with Crippen molar-refractivity contribution in [2.45, 2.75) is 26.7 Å². The number of hydrogen-bond donors (Lipinski definition) is 1. The fraction of sp³-hybridized carbons (Fsp3) is 0.276. The number of amides is 1. The Balaban J connectivity index is 1.88. The summed E-state index contributed by atoms with van der Waals surface area (Å²) in [6.45, 7) is 5.08. The highest BCUT2D eigenvalue weighted by Crippen LogP contribution is 2.28. The zero-order valence-corrected chi connectivity index (χ0v) is 20.6. The van der Waals surface area contributed by atoms with Crippen LogP contribution in [0.4, 0.5) is 0 Å². The highest BCUT2D eigenvalue weighted by Gasteiger charge is 2.22. The quantitative estimate of drug-likeness (QED) is 0.356. The van der Waals surface area contributed by atoms with Crippen LogP contribution in [-0.4, -0.2) is 54.2 Å². The largest absolute Gasteiger partial charge is 0.494 e. The zero-order valence-electron chi connectivity index (χ0n) is 20.6. The lowest BCUT2D eigenvalue weighted by atomic mass is 9.94. The highest BCUT2D eigenvalue weighted by atomic mass is 16.5. The minimum Gasteiger partial charge on any atom is -0.494 e. The summed E-state index contributed by atoms with van der Waals surface area (Å²) in [5.41, 5.74) is 2.51. The SMILES string of the molecule is CCOC(=O)CCN(CCc1ccc(OCC)cc1)C(=O)c1ccccc1-c1ccccc1C(=O)O. The Kier molecular flexibility index (Phi) is 9.63. The average molecular weight is 490 g/mol. The first kappa shape index (κ1) is 26.5. The lowest BCUT2D eigenvalue weighted by molar-refractivity contribution is -0.143. The van der Waals surface area contributed by atoms with Crippen molar-refractivity contribution in [3.8, 4) is 16.9 Å². The number of hydrogen-bond acceptors (Lipinski definition) is 5. The molecule has 0 bridgehead atoms. The van der Waals surface area contributed by atoms with E-state index >= 15 is 0 Å². The van der Waals surface area contributed by atoms with Crippen LogP contribution in [-0.2, 0) is 16.0 Å². The first-order chi connectivity index (χ1) is 17.4. The Bertz CT molecular complexity index is 1190. The topological polar surface area (TPSA) is 93.1 Å². The van der Waals surface area contributed by atoms with Crippen LogP contribution in [0.1, 0.15) is 46.5 Å². The van der Waals surface area contributed by atoms with E-state index in [1.807, 2.05) is 31.2 Å². The van der Waals surface area contributed by atoms with E-state index in [-0.39, 0.29) is 37.0 Å². The van der Waals surface area contributed by atoms with E-state index in [1.165, 1.54) is 6.07 Å². The summed E-state index contributed by atoms with van der Waals surface area (Å²) >= 11 is 0. The number of rotatable bonds is 12. The summed E-state index contributed by atoms with van der Waals surface area (Å²) in [5, 5.41) is 9.67. The molecule has 0 unspecified atom stereocenters. The molecular weight excluding hydrogens is 458 g/mol. The number of nitrogens with zero attached hydrogens (tertiary/aromatic N) is 1. The molecule has 188 valence electrons. The second-order valence-electron chi connectivity index (χ2n) is 8.07. The predicted molar refractivity (Wildman–Crippen MR) is 137 cm³/mol. The van der Waals surface area contributed by atoms with Crippen molar-refractivity contribution in [1.82, 2.24) is 4.90 Å². The van der Waals surface area contributed by atoms with Gasteiger partial charge in [0.25, 0.3) is 5.91 Å². The van der Waals surface area contributed by atoms with Crippen LogP contribution < -0.4 is 4.74 Å². The summed E-state index contributed by atoms with van der Waals surface area (Å²) in [6, 6.07) is 21.2. The van der Waals surface area contributed by atoms with Crippen molar-refractivity contribution in [1.29, 1.82) is 0 Å². The maximum atomic E-state index is 13.8. The monoisotopic (exact) mass is 489 g/mol. The normalized spacial score (nSPS) is 10.5. The molecular formula is C29H31NO6. The molecule has 0 radical (unpaired) electrons. The standard InChI is InChI=1S/C29H31NO6/c1-3-35-22-15-13-21(14-16-22)17-19-30(20-18-27(31)36-4-2)28(32)25-11-7-5-9-23(25)24-10-6-8-12-26(24)29(33)34/h5-16H,3-4,17-20H2,1-2H3,(H,33,34). The molecule has 0 heterocycles. The van der Waals surface area contributed by atoms with Crippen LogP contribution in [0.15, 0.2) is 72.8 Å². The van der Waals surface area contributed by atoms with Crippen molar-refractivity contribution in [3.05, 3.63) is 89.5 Å². The van der Waals surface area contributed by atoms with Crippen LogP contribution >= 0.6 is 0 Å². The number of carboxylic acid groups (broad SMARTS) is 1. The average Bonchev–Trinajstić information content (AvgIpc) is 2.89. The van der Waals surface area contributed by atoms with Gasteiger partial charge in [0.15, 0.2) is 0 Å². The van der Waals surface area contributed by atoms with Gasteiger partial charge in [0, 0.05) is 18.7 Å². The van der Waals surface area contributed by atoms with Crippen molar-refractivity contribution in [3.63, 3.8) is 0 Å². The predicted octanol–water partition coefficient (Wildman–Crippen LogP) is 5.09. The Labute approximate surface area is 211 Å². The van der Waals surface area contributed by atoms with Crippen LogP contribution in [0.2, 0.25) is 0 Å². The number of carbonyl (C=O) groups is 3. The minimum absolute atomic E-state index is 0.0662. The van der Waals surface area contributed by atoms with E-state index in [4.69, 9.17) is 9.47 Å². The first-order valence-corrected chi connectivity index (χ1v) is 12.0. The molecule has 1 amide bonds.